The molecule has 0 bridgehead atoms. The van der Waals surface area contributed by atoms with Crippen molar-refractivity contribution in [3.05, 3.63) is 160 Å². The lowest BCUT2D eigenvalue weighted by molar-refractivity contribution is -0.134. The van der Waals surface area contributed by atoms with Gasteiger partial charge in [-0.25, -0.2) is 12.9 Å². The highest BCUT2D eigenvalue weighted by molar-refractivity contribution is 8.09. The average Bonchev–Trinajstić information content (AvgIpc) is 1.74. The minimum atomic E-state index is -3.09. The highest BCUT2D eigenvalue weighted by Gasteiger charge is 2.53. The highest BCUT2D eigenvalue weighted by atomic mass is 35.6. The van der Waals surface area contributed by atoms with Gasteiger partial charge < -0.3 is 9.05 Å². The van der Waals surface area contributed by atoms with Crippen LogP contribution in [-0.2, 0) is 40.0 Å². The van der Waals surface area contributed by atoms with Crippen LogP contribution in [0.2, 0.25) is 5.02 Å². The van der Waals surface area contributed by atoms with E-state index in [4.69, 9.17) is 148 Å². The summed E-state index contributed by atoms with van der Waals surface area (Å²) < 4.78 is 9.59. The summed E-state index contributed by atoms with van der Waals surface area (Å²) in [6.07, 6.45) is 9.94. The summed E-state index contributed by atoms with van der Waals surface area (Å²) >= 11 is 70.8. The highest BCUT2D eigenvalue weighted by Crippen LogP contribution is 2.56. The van der Waals surface area contributed by atoms with Gasteiger partial charge in [0.15, 0.2) is 4.84 Å². The molecule has 4 aromatic rings. The molecule has 0 N–H and O–H groups in total. The molecule has 0 aromatic heterocycles. The summed E-state index contributed by atoms with van der Waals surface area (Å²) in [5.41, 5.74) is 2.31. The fourth-order valence-corrected chi connectivity index (χ4v) is 16.8. The van der Waals surface area contributed by atoms with E-state index in [0.29, 0.717) is 106 Å². The Bertz CT molecular complexity index is 3400. The number of carbonyl (C=O) groups excluding carboxylic acids is 10. The van der Waals surface area contributed by atoms with Crippen LogP contribution >= 0.6 is 182 Å². The topological polar surface area (TPSA) is 205 Å². The zero-order valence-corrected chi connectivity index (χ0v) is 59.0. The van der Waals surface area contributed by atoms with E-state index in [9.17, 15) is 47.9 Å². The Morgan fingerprint density at radius 3 is 1.12 bits per heavy atom. The van der Waals surface area contributed by atoms with E-state index in [1.54, 1.807) is 98.8 Å². The van der Waals surface area contributed by atoms with Crippen LogP contribution < -0.4 is 0 Å². The van der Waals surface area contributed by atoms with Crippen LogP contribution in [-0.4, -0.2) is 115 Å². The van der Waals surface area contributed by atoms with Crippen molar-refractivity contribution in [1.82, 2.24) is 22.5 Å². The molecule has 474 valence electrons. The first-order valence-corrected chi connectivity index (χ1v) is 36.1. The summed E-state index contributed by atoms with van der Waals surface area (Å²) in [7, 11) is 0. The van der Waals surface area contributed by atoms with Crippen LogP contribution in [0.5, 0.6) is 0 Å². The Morgan fingerprint density at radius 1 is 0.483 bits per heavy atom. The van der Waals surface area contributed by atoms with Crippen molar-refractivity contribution in [3.63, 3.8) is 0 Å². The maximum Gasteiger partial charge on any atom is 0.299 e. The largest absolute Gasteiger partial charge is 0.314 e. The molecule has 0 radical (unpaired) electrons. The molecule has 11 rings (SSSR count). The van der Waals surface area contributed by atoms with E-state index in [1.165, 1.54) is 16.7 Å². The first-order valence-electron chi connectivity index (χ1n) is 26.0. The molecular formula is C55H45Cl11N5O12PS5. The number of thioether (sulfide) groups is 1. The van der Waals surface area contributed by atoms with Gasteiger partial charge in [0.25, 0.3) is 48.3 Å². The van der Waals surface area contributed by atoms with Crippen LogP contribution in [0.4, 0.5) is 0 Å². The summed E-state index contributed by atoms with van der Waals surface area (Å²) in [6.45, 7) is 0.967. The first kappa shape index (κ1) is 73.6. The molecule has 10 amide bonds. The molecule has 4 aromatic carbocycles. The first-order chi connectivity index (χ1) is 41.9. The minimum absolute atomic E-state index is 0.230. The van der Waals surface area contributed by atoms with E-state index in [1.807, 2.05) is 36.4 Å². The number of alkyl halides is 10. The van der Waals surface area contributed by atoms with E-state index in [0.717, 1.165) is 22.5 Å². The fraction of sp³-hybridized carbons (Fsp3) is 0.309. The van der Waals surface area contributed by atoms with Gasteiger partial charge in [-0.2, -0.15) is 4.67 Å². The number of imide groups is 5. The molecule has 5 heterocycles. The molecule has 7 aliphatic rings. The van der Waals surface area contributed by atoms with Gasteiger partial charge in [-0.3, -0.25) is 52.8 Å². The lowest BCUT2D eigenvalue weighted by Crippen LogP contribution is -2.31. The average molecular weight is 1550 g/mol. The van der Waals surface area contributed by atoms with Gasteiger partial charge in [-0.05, 0) is 112 Å². The fourth-order valence-electron chi connectivity index (χ4n) is 9.24. The Labute approximate surface area is 588 Å². The number of fused-ring (bicyclic) bond motifs is 5. The number of amides is 10. The molecule has 2 fully saturated rings. The second-order valence-electron chi connectivity index (χ2n) is 18.8. The van der Waals surface area contributed by atoms with Crippen molar-refractivity contribution in [2.24, 2.45) is 23.7 Å². The maximum atomic E-state index is 12.3. The molecule has 17 nitrogen and oxygen atoms in total. The number of benzene rings is 4. The van der Waals surface area contributed by atoms with Crippen LogP contribution in [0.25, 0.3) is 0 Å². The Hall–Kier alpha value is -2.78. The molecule has 4 unspecified atom stereocenters. The van der Waals surface area contributed by atoms with Crippen LogP contribution in [0.3, 0.4) is 0 Å². The number of rotatable bonds is 13. The van der Waals surface area contributed by atoms with Crippen molar-refractivity contribution < 1.29 is 57.0 Å². The van der Waals surface area contributed by atoms with Gasteiger partial charge in [0.1, 0.15) is 0 Å². The molecule has 2 aliphatic carbocycles. The van der Waals surface area contributed by atoms with Gasteiger partial charge in [-0.15, -0.1) is 35.0 Å². The lowest BCUT2D eigenvalue weighted by Gasteiger charge is -2.27. The van der Waals surface area contributed by atoms with Gasteiger partial charge in [0, 0.05) is 45.8 Å². The number of hydrogen-bond donors (Lipinski definition) is 0. The van der Waals surface area contributed by atoms with Crippen molar-refractivity contribution in [2.75, 3.05) is 19.1 Å². The van der Waals surface area contributed by atoms with Crippen LogP contribution in [0, 0.1) is 23.7 Å². The van der Waals surface area contributed by atoms with Gasteiger partial charge in [0.2, 0.25) is 27.3 Å². The van der Waals surface area contributed by atoms with E-state index < -0.39 is 45.0 Å². The molecule has 4 atom stereocenters. The number of hydrogen-bond acceptors (Lipinski definition) is 17. The number of allylic oxidation sites excluding steroid dienone is 4. The molecule has 0 spiro atoms. The second-order valence-corrected chi connectivity index (χ2v) is 35.9. The summed E-state index contributed by atoms with van der Waals surface area (Å²) in [4.78, 5) is 122. The Morgan fingerprint density at radius 2 is 0.798 bits per heavy atom. The Kier molecular flexibility index (Phi) is 26.2. The summed E-state index contributed by atoms with van der Waals surface area (Å²) in [5.74, 6) is -4.22. The predicted octanol–water partition coefficient (Wildman–Crippen LogP) is 16.0. The number of carbonyl (C=O) groups is 10. The third kappa shape index (κ3) is 17.8. The number of nitrogens with zero attached hydrogens (tertiary/aromatic N) is 5. The van der Waals surface area contributed by atoms with Crippen LogP contribution in [0.1, 0.15) is 102 Å². The molecule has 34 heteroatoms. The molecule has 2 saturated heterocycles. The zero-order valence-electron chi connectivity index (χ0n) is 45.7. The Balaban J connectivity index is 0.000000159. The monoisotopic (exact) mass is 1540 g/mol. The molecule has 0 saturated carbocycles. The van der Waals surface area contributed by atoms with Crippen molar-refractivity contribution >= 4 is 253 Å². The van der Waals surface area contributed by atoms with Crippen LogP contribution in [0.15, 0.2) is 126 Å². The minimum Gasteiger partial charge on any atom is -0.314 e. The quantitative estimate of drug-likeness (QED) is 0.0305. The van der Waals surface area contributed by atoms with Crippen molar-refractivity contribution in [1.29, 1.82) is 0 Å². The molecular weight excluding hydrogens is 1500 g/mol. The van der Waals surface area contributed by atoms with Gasteiger partial charge in [0.05, 0.1) is 76.1 Å². The second kappa shape index (κ2) is 31.6. The zero-order chi connectivity index (χ0) is 65.5. The normalized spacial score (nSPS) is 20.1. The van der Waals surface area contributed by atoms with E-state index >= 15 is 0 Å². The maximum absolute atomic E-state index is 12.3. The molecule has 89 heavy (non-hydrogen) atoms. The SMILES string of the molecule is CCOP(=S)(OCC)N1C(=O)c2ccccc2C1=O.O=C1C2CC=CCC2C(=O)N1SC(Cl)(Cl)C(Cl)Cl.O=C1C2CC=CCC2C(=O)N1SC(Cl)(Cl)Cl.O=C1c2ccccc2C(=O)N1CSc1ccc(Cl)cc1.O=C1c2ccccc2C(=O)N1SC(Cl)(Cl)Cl. The summed E-state index contributed by atoms with van der Waals surface area (Å²) in [6, 6.07) is 27.3. The van der Waals surface area contributed by atoms with Gasteiger partial charge in [-0.1, -0.05) is 165 Å². The predicted molar refractivity (Wildman–Crippen MR) is 358 cm³/mol. The molecule has 5 aliphatic heterocycles. The third-order valence-corrected chi connectivity index (χ3v) is 23.5. The van der Waals surface area contributed by atoms with Crippen molar-refractivity contribution in [3.8, 4) is 0 Å². The van der Waals surface area contributed by atoms with E-state index in [-0.39, 0.29) is 72.3 Å². The van der Waals surface area contributed by atoms with Crippen molar-refractivity contribution in [2.45, 2.75) is 59.2 Å². The third-order valence-electron chi connectivity index (χ3n) is 13.2. The van der Waals surface area contributed by atoms with Gasteiger partial charge >= 0.3 is 0 Å². The van der Waals surface area contributed by atoms with E-state index in [2.05, 4.69) is 0 Å². The lowest BCUT2D eigenvalue weighted by atomic mass is 9.85. The smallest absolute Gasteiger partial charge is 0.299 e. The summed E-state index contributed by atoms with van der Waals surface area (Å²) in [5, 5.41) is 0.662. The number of halogens is 11. The standard InChI is InChI=1S/C15H10ClNO2S.C12H14NO4PS.C10H9Cl4NO2S.C9H8Cl3NO2S.C9H4Cl3NO2S/c16-10-5-7-11(8-6-10)20-9-17-14(18)12-3-1-2-4-13(12)15(17)19;1-3-16-18(19,17-4-2)13-11(14)9-7-5-6-8-10(9)12(13)15;11-9(12)10(13,14)18-15-7(16)5-3-1-2-4-6(5)8(15)17;2*10-9(11,12)16-13-7(14)5-3-1-2-4-6(5)8(13)15/h1-8H,9H2;5-8H,3-4H2,1-2H3;1-2,5-6,9H,3-4H2;1-2,5-6H,3-4H2;1-4H.